The van der Waals surface area contributed by atoms with Crippen molar-refractivity contribution in [2.75, 3.05) is 0 Å². The minimum absolute atomic E-state index is 0.106. The molecule has 0 spiro atoms. The van der Waals surface area contributed by atoms with E-state index in [4.69, 9.17) is 10.2 Å². The molecule has 2 saturated carbocycles. The van der Waals surface area contributed by atoms with Crippen LogP contribution in [-0.2, 0) is 9.59 Å². The topological polar surface area (TPSA) is 74.6 Å². The molecule has 4 heteroatoms. The molecule has 0 aliphatic heterocycles. The lowest BCUT2D eigenvalue weighted by atomic mass is 9.85. The SMILES string of the molecule is O=C(O)[C@@H]1CCC2CC[C@@H](C(=O)O)C21. The van der Waals surface area contributed by atoms with Gasteiger partial charge in [0.1, 0.15) is 0 Å². The molecular formula is C10H14O4. The van der Waals surface area contributed by atoms with Crippen molar-refractivity contribution in [3.63, 3.8) is 0 Å². The van der Waals surface area contributed by atoms with E-state index >= 15 is 0 Å². The van der Waals surface area contributed by atoms with E-state index in [9.17, 15) is 9.59 Å². The maximum Gasteiger partial charge on any atom is 0.306 e. The van der Waals surface area contributed by atoms with Crippen LogP contribution in [0.25, 0.3) is 0 Å². The summed E-state index contributed by atoms with van der Waals surface area (Å²) in [5, 5.41) is 17.9. The molecule has 2 rings (SSSR count). The minimum atomic E-state index is -0.814. The van der Waals surface area contributed by atoms with Gasteiger partial charge in [-0.2, -0.15) is 0 Å². The Kier molecular flexibility index (Phi) is 2.21. The van der Waals surface area contributed by atoms with Gasteiger partial charge < -0.3 is 10.2 Å². The van der Waals surface area contributed by atoms with Crippen molar-refractivity contribution >= 4 is 11.9 Å². The highest BCUT2D eigenvalue weighted by molar-refractivity contribution is 5.75. The largest absolute Gasteiger partial charge is 0.481 e. The van der Waals surface area contributed by atoms with E-state index < -0.39 is 23.8 Å². The third-order valence-electron chi connectivity index (χ3n) is 3.80. The van der Waals surface area contributed by atoms with Crippen molar-refractivity contribution in [2.24, 2.45) is 23.7 Å². The molecule has 0 amide bonds. The molecule has 0 aromatic heterocycles. The van der Waals surface area contributed by atoms with E-state index in [1.54, 1.807) is 0 Å². The number of carboxylic acids is 2. The first kappa shape index (κ1) is 9.49. The molecule has 2 atom stereocenters. The fraction of sp³-hybridized carbons (Fsp3) is 0.800. The monoisotopic (exact) mass is 198 g/mol. The van der Waals surface area contributed by atoms with Gasteiger partial charge >= 0.3 is 11.9 Å². The van der Waals surface area contributed by atoms with E-state index in [1.807, 2.05) is 0 Å². The first-order valence-electron chi connectivity index (χ1n) is 5.07. The molecule has 0 bridgehead atoms. The highest BCUT2D eigenvalue weighted by Gasteiger charge is 2.50. The summed E-state index contributed by atoms with van der Waals surface area (Å²) in [6.45, 7) is 0. The van der Waals surface area contributed by atoms with Crippen molar-refractivity contribution in [3.8, 4) is 0 Å². The normalized spacial score (nSPS) is 40.9. The standard InChI is InChI=1S/C10H14O4/c11-9(12)6-3-1-5-2-4-7(8(5)6)10(13)14/h5-8H,1-4H2,(H,11,12)(H,13,14)/t5?,6-,7-,8?/m1/s1. The lowest BCUT2D eigenvalue weighted by molar-refractivity contribution is -0.147. The molecule has 0 unspecified atom stereocenters. The van der Waals surface area contributed by atoms with Crippen molar-refractivity contribution < 1.29 is 19.8 Å². The van der Waals surface area contributed by atoms with Gasteiger partial charge in [0.05, 0.1) is 11.8 Å². The van der Waals surface area contributed by atoms with Gasteiger partial charge in [0.2, 0.25) is 0 Å². The van der Waals surface area contributed by atoms with Gasteiger partial charge in [-0.05, 0) is 37.5 Å². The molecule has 14 heavy (non-hydrogen) atoms. The number of aliphatic carboxylic acids is 2. The Labute approximate surface area is 81.9 Å². The van der Waals surface area contributed by atoms with Crippen LogP contribution in [-0.4, -0.2) is 22.2 Å². The van der Waals surface area contributed by atoms with Crippen LogP contribution < -0.4 is 0 Å². The molecule has 0 saturated heterocycles. The van der Waals surface area contributed by atoms with Crippen LogP contribution in [0.15, 0.2) is 0 Å². The van der Waals surface area contributed by atoms with Gasteiger partial charge in [-0.3, -0.25) is 9.59 Å². The fourth-order valence-electron chi connectivity index (χ4n) is 3.22. The van der Waals surface area contributed by atoms with E-state index in [-0.39, 0.29) is 5.92 Å². The lowest BCUT2D eigenvalue weighted by Crippen LogP contribution is -2.28. The van der Waals surface area contributed by atoms with Crippen molar-refractivity contribution in [3.05, 3.63) is 0 Å². The number of carboxylic acid groups (broad SMARTS) is 2. The summed E-state index contributed by atoms with van der Waals surface area (Å²) in [7, 11) is 0. The van der Waals surface area contributed by atoms with Gasteiger partial charge in [-0.25, -0.2) is 0 Å². The first-order valence-corrected chi connectivity index (χ1v) is 5.07. The average Bonchev–Trinajstić information content (AvgIpc) is 2.59. The second kappa shape index (κ2) is 3.26. The fourth-order valence-corrected chi connectivity index (χ4v) is 3.22. The van der Waals surface area contributed by atoms with Crippen LogP contribution in [0.3, 0.4) is 0 Å². The van der Waals surface area contributed by atoms with E-state index in [1.165, 1.54) is 0 Å². The smallest absolute Gasteiger partial charge is 0.306 e. The maximum absolute atomic E-state index is 10.9. The van der Waals surface area contributed by atoms with Crippen LogP contribution in [0.4, 0.5) is 0 Å². The Bertz CT molecular complexity index is 247. The third kappa shape index (κ3) is 1.29. The van der Waals surface area contributed by atoms with Gasteiger partial charge in [0.15, 0.2) is 0 Å². The van der Waals surface area contributed by atoms with Gasteiger partial charge in [0, 0.05) is 0 Å². The number of rotatable bonds is 2. The molecule has 0 aromatic rings. The summed E-state index contributed by atoms with van der Waals surface area (Å²) in [5.41, 5.74) is 0. The Hall–Kier alpha value is -1.06. The van der Waals surface area contributed by atoms with Crippen LogP contribution in [0, 0.1) is 23.7 Å². The number of fused-ring (bicyclic) bond motifs is 1. The quantitative estimate of drug-likeness (QED) is 0.699. The summed E-state index contributed by atoms with van der Waals surface area (Å²) < 4.78 is 0. The summed E-state index contributed by atoms with van der Waals surface area (Å²) in [5.74, 6) is -2.22. The first-order chi connectivity index (χ1) is 6.61. The summed E-state index contributed by atoms with van der Waals surface area (Å²) in [6.07, 6.45) is 3.11. The minimum Gasteiger partial charge on any atom is -0.481 e. The van der Waals surface area contributed by atoms with Crippen LogP contribution in [0.2, 0.25) is 0 Å². The Morgan fingerprint density at radius 1 is 0.857 bits per heavy atom. The van der Waals surface area contributed by atoms with Crippen LogP contribution in [0.5, 0.6) is 0 Å². The summed E-state index contributed by atoms with van der Waals surface area (Å²) in [6, 6.07) is 0. The number of hydrogen-bond donors (Lipinski definition) is 2. The molecule has 2 aliphatic rings. The molecular weight excluding hydrogens is 184 g/mol. The van der Waals surface area contributed by atoms with Crippen LogP contribution >= 0.6 is 0 Å². The highest BCUT2D eigenvalue weighted by Crippen LogP contribution is 2.50. The lowest BCUT2D eigenvalue weighted by Gasteiger charge is -2.19. The van der Waals surface area contributed by atoms with Gasteiger partial charge in [0.25, 0.3) is 0 Å². The summed E-state index contributed by atoms with van der Waals surface area (Å²) >= 11 is 0. The number of carbonyl (C=O) groups is 2. The van der Waals surface area contributed by atoms with Crippen molar-refractivity contribution in [1.82, 2.24) is 0 Å². The zero-order valence-electron chi connectivity index (χ0n) is 7.85. The van der Waals surface area contributed by atoms with E-state index in [0.717, 1.165) is 12.8 Å². The predicted molar refractivity (Wildman–Crippen MR) is 47.7 cm³/mol. The predicted octanol–water partition coefficient (Wildman–Crippen LogP) is 1.21. The zero-order chi connectivity index (χ0) is 10.3. The van der Waals surface area contributed by atoms with E-state index in [0.29, 0.717) is 18.8 Å². The van der Waals surface area contributed by atoms with Crippen LogP contribution in [0.1, 0.15) is 25.7 Å². The number of hydrogen-bond acceptors (Lipinski definition) is 2. The van der Waals surface area contributed by atoms with Gasteiger partial charge in [-0.1, -0.05) is 0 Å². The zero-order valence-corrected chi connectivity index (χ0v) is 7.85. The average molecular weight is 198 g/mol. The summed E-state index contributed by atoms with van der Waals surface area (Å²) in [4.78, 5) is 21.8. The molecule has 0 radical (unpaired) electrons. The molecule has 78 valence electrons. The molecule has 2 aliphatic carbocycles. The molecule has 2 fully saturated rings. The third-order valence-corrected chi connectivity index (χ3v) is 3.80. The van der Waals surface area contributed by atoms with Crippen molar-refractivity contribution in [2.45, 2.75) is 25.7 Å². The van der Waals surface area contributed by atoms with Gasteiger partial charge in [-0.15, -0.1) is 0 Å². The Balaban J connectivity index is 2.19. The highest BCUT2D eigenvalue weighted by atomic mass is 16.4. The molecule has 4 nitrogen and oxygen atoms in total. The Morgan fingerprint density at radius 3 is 1.64 bits per heavy atom. The molecule has 0 heterocycles. The Morgan fingerprint density at radius 2 is 1.29 bits per heavy atom. The molecule has 0 aromatic carbocycles. The molecule has 2 N–H and O–H groups in total. The van der Waals surface area contributed by atoms with Crippen molar-refractivity contribution in [1.29, 1.82) is 0 Å². The second-order valence-corrected chi connectivity index (χ2v) is 4.38. The van der Waals surface area contributed by atoms with E-state index in [2.05, 4.69) is 0 Å². The maximum atomic E-state index is 10.9. The second-order valence-electron chi connectivity index (χ2n) is 4.38.